The molecule has 0 bridgehead atoms. The maximum absolute atomic E-state index is 14.4. The van der Waals surface area contributed by atoms with Crippen LogP contribution in [0, 0.1) is 5.41 Å². The Morgan fingerprint density at radius 2 is 1.70 bits per heavy atom. The molecule has 0 fully saturated rings. The number of benzene rings is 3. The number of esters is 1. The maximum Gasteiger partial charge on any atom is 0.335 e. The minimum Gasteiger partial charge on any atom is -0.495 e. The summed E-state index contributed by atoms with van der Waals surface area (Å²) < 4.78 is 28.4. The summed E-state index contributed by atoms with van der Waals surface area (Å²) >= 11 is 6.50. The Kier molecular flexibility index (Phi) is 11.0. The molecule has 0 radical (unpaired) electrons. The predicted octanol–water partition coefficient (Wildman–Crippen LogP) is 5.50. The normalized spacial score (nSPS) is 16.1. The average Bonchev–Trinajstić information content (AvgIpc) is 3.13. The van der Waals surface area contributed by atoms with Crippen molar-refractivity contribution in [1.82, 2.24) is 0 Å². The van der Waals surface area contributed by atoms with Crippen molar-refractivity contribution in [3.8, 4) is 17.2 Å². The zero-order valence-electron chi connectivity index (χ0n) is 26.9. The predicted molar refractivity (Wildman–Crippen MR) is 174 cm³/mol. The molecule has 4 rings (SSSR count). The number of carbonyl (C=O) groups excluding carboxylic acids is 3. The summed E-state index contributed by atoms with van der Waals surface area (Å²) in [4.78, 5) is 52.7. The van der Waals surface area contributed by atoms with Gasteiger partial charge in [-0.25, -0.2) is 4.79 Å². The van der Waals surface area contributed by atoms with E-state index in [2.05, 4.69) is 5.32 Å². The molecule has 3 aromatic carbocycles. The monoisotopic (exact) mass is 668 g/mol. The number of halogens is 1. The van der Waals surface area contributed by atoms with Gasteiger partial charge in [0.25, 0.3) is 5.91 Å². The molecule has 0 unspecified atom stereocenters. The van der Waals surface area contributed by atoms with Gasteiger partial charge in [-0.05, 0) is 42.5 Å². The number of hydrogen-bond acceptors (Lipinski definition) is 9. The minimum atomic E-state index is -1.35. The van der Waals surface area contributed by atoms with Gasteiger partial charge in [-0.1, -0.05) is 37.6 Å². The van der Waals surface area contributed by atoms with Crippen LogP contribution in [0.15, 0.2) is 54.6 Å². The SMILES string of the molecule is COc1ccc(C(=O)O)cc1NC(=O)C[C@H]1O[C@H](c2cccc(OC)c2OC)c2cc(Cl)ccc2N(CC(C)(C)COC(C)=O)C1=O. The van der Waals surface area contributed by atoms with Gasteiger partial charge in [0.05, 0.1) is 45.6 Å². The third-order valence-corrected chi connectivity index (χ3v) is 7.70. The first-order valence-corrected chi connectivity index (χ1v) is 15.0. The molecule has 3 aromatic rings. The van der Waals surface area contributed by atoms with E-state index >= 15 is 0 Å². The zero-order chi connectivity index (χ0) is 34.5. The highest BCUT2D eigenvalue weighted by molar-refractivity contribution is 6.30. The van der Waals surface area contributed by atoms with Crippen molar-refractivity contribution in [2.24, 2.45) is 5.41 Å². The van der Waals surface area contributed by atoms with Crippen LogP contribution >= 0.6 is 11.6 Å². The summed E-state index contributed by atoms with van der Waals surface area (Å²) in [5, 5.41) is 12.5. The minimum absolute atomic E-state index is 0.0217. The molecule has 1 heterocycles. The van der Waals surface area contributed by atoms with Gasteiger partial charge >= 0.3 is 11.9 Å². The van der Waals surface area contributed by atoms with E-state index in [1.54, 1.807) is 36.4 Å². The van der Waals surface area contributed by atoms with Crippen molar-refractivity contribution in [2.75, 3.05) is 44.7 Å². The molecule has 2 N–H and O–H groups in total. The molecule has 1 aliphatic rings. The number of carboxylic acid groups (broad SMARTS) is 1. The number of anilines is 2. The number of aromatic carboxylic acids is 1. The molecule has 0 aromatic heterocycles. The fourth-order valence-corrected chi connectivity index (χ4v) is 5.49. The standard InChI is InChI=1S/C34H37ClN2O10/c1-19(38)46-18-34(2,3)17-37-25-12-11-21(35)15-23(25)30(22-8-7-9-27(44-5)31(22)45-6)47-28(32(37)40)16-29(39)36-24-14-20(33(41)42)10-13-26(24)43-4/h7-15,28,30H,16-18H2,1-6H3,(H,36,39)(H,41,42)/t28-,30-/m1/s1. The molecule has 0 spiro atoms. The van der Waals surface area contributed by atoms with Crippen LogP contribution in [0.3, 0.4) is 0 Å². The Morgan fingerprint density at radius 3 is 2.34 bits per heavy atom. The largest absolute Gasteiger partial charge is 0.495 e. The van der Waals surface area contributed by atoms with E-state index in [0.717, 1.165) is 0 Å². The second-order valence-electron chi connectivity index (χ2n) is 11.6. The van der Waals surface area contributed by atoms with Gasteiger partial charge in [0.2, 0.25) is 5.91 Å². The van der Waals surface area contributed by atoms with Gasteiger partial charge in [0.1, 0.15) is 18.0 Å². The summed E-state index contributed by atoms with van der Waals surface area (Å²) in [6.07, 6.45) is -2.76. The first-order chi connectivity index (χ1) is 22.3. The molecule has 0 saturated carbocycles. The van der Waals surface area contributed by atoms with E-state index in [1.807, 2.05) is 13.8 Å². The van der Waals surface area contributed by atoms with E-state index in [0.29, 0.717) is 33.3 Å². The second kappa shape index (κ2) is 14.7. The lowest BCUT2D eigenvalue weighted by Crippen LogP contribution is -2.46. The smallest absolute Gasteiger partial charge is 0.335 e. The average molecular weight is 669 g/mol. The molecule has 0 saturated heterocycles. The van der Waals surface area contributed by atoms with Gasteiger partial charge < -0.3 is 39.0 Å². The van der Waals surface area contributed by atoms with Gasteiger partial charge in [0, 0.05) is 40.7 Å². The number of methoxy groups -OCH3 is 3. The van der Waals surface area contributed by atoms with Crippen molar-refractivity contribution in [2.45, 2.75) is 39.4 Å². The number of carbonyl (C=O) groups is 4. The van der Waals surface area contributed by atoms with Gasteiger partial charge in [0.15, 0.2) is 11.5 Å². The summed E-state index contributed by atoms with van der Waals surface area (Å²) in [5.41, 5.74) is 0.845. The summed E-state index contributed by atoms with van der Waals surface area (Å²) in [5.74, 6) is -1.81. The Balaban J connectivity index is 1.82. The quantitative estimate of drug-likeness (QED) is 0.237. The van der Waals surface area contributed by atoms with Crippen LogP contribution in [0.4, 0.5) is 11.4 Å². The van der Waals surface area contributed by atoms with E-state index in [4.69, 9.17) is 35.3 Å². The fourth-order valence-electron chi connectivity index (χ4n) is 5.31. The first-order valence-electron chi connectivity index (χ1n) is 14.6. The van der Waals surface area contributed by atoms with E-state index in [-0.39, 0.29) is 30.2 Å². The van der Waals surface area contributed by atoms with Crippen LogP contribution < -0.4 is 24.4 Å². The molecule has 13 heteroatoms. The number of para-hydroxylation sites is 1. The van der Waals surface area contributed by atoms with E-state index in [9.17, 15) is 24.3 Å². The van der Waals surface area contributed by atoms with Crippen LogP contribution in [-0.4, -0.2) is 69.4 Å². The Labute approximate surface area is 277 Å². The molecule has 2 atom stereocenters. The number of nitrogens with zero attached hydrogens (tertiary/aromatic N) is 1. The number of fused-ring (bicyclic) bond motifs is 1. The number of amides is 2. The molecule has 0 aliphatic carbocycles. The van der Waals surface area contributed by atoms with Crippen LogP contribution in [0.5, 0.6) is 17.2 Å². The van der Waals surface area contributed by atoms with Gasteiger partial charge in [-0.3, -0.25) is 14.4 Å². The van der Waals surface area contributed by atoms with Crippen LogP contribution in [0.25, 0.3) is 0 Å². The van der Waals surface area contributed by atoms with Gasteiger partial charge in [-0.2, -0.15) is 0 Å². The first kappa shape index (κ1) is 35.1. The topological polar surface area (TPSA) is 150 Å². The lowest BCUT2D eigenvalue weighted by molar-refractivity contribution is -0.144. The maximum atomic E-state index is 14.4. The van der Waals surface area contributed by atoms with Crippen molar-refractivity contribution in [1.29, 1.82) is 0 Å². The van der Waals surface area contributed by atoms with Crippen molar-refractivity contribution in [3.63, 3.8) is 0 Å². The van der Waals surface area contributed by atoms with Crippen LogP contribution in [0.1, 0.15) is 54.8 Å². The van der Waals surface area contributed by atoms with E-state index in [1.165, 1.54) is 51.4 Å². The number of carboxylic acids is 1. The summed E-state index contributed by atoms with van der Waals surface area (Å²) in [6, 6.07) is 14.3. The highest BCUT2D eigenvalue weighted by atomic mass is 35.5. The van der Waals surface area contributed by atoms with E-state index < -0.39 is 47.8 Å². The number of nitrogens with one attached hydrogen (secondary N) is 1. The Hall–Kier alpha value is -4.81. The fraction of sp³-hybridized carbons (Fsp3) is 0.353. The Bertz CT molecular complexity index is 1670. The third-order valence-electron chi connectivity index (χ3n) is 7.46. The molecular weight excluding hydrogens is 632 g/mol. The third kappa shape index (κ3) is 8.13. The summed E-state index contributed by atoms with van der Waals surface area (Å²) in [7, 11) is 4.36. The molecule has 47 heavy (non-hydrogen) atoms. The number of rotatable bonds is 12. The van der Waals surface area contributed by atoms with Crippen molar-refractivity contribution >= 4 is 46.7 Å². The molecule has 1 aliphatic heterocycles. The zero-order valence-corrected chi connectivity index (χ0v) is 27.7. The highest BCUT2D eigenvalue weighted by Crippen LogP contribution is 2.45. The lowest BCUT2D eigenvalue weighted by Gasteiger charge is -2.33. The molecular formula is C34H37ClN2O10. The second-order valence-corrected chi connectivity index (χ2v) is 12.1. The molecule has 12 nitrogen and oxygen atoms in total. The molecule has 2 amide bonds. The van der Waals surface area contributed by atoms with Crippen molar-refractivity contribution in [3.05, 3.63) is 76.3 Å². The van der Waals surface area contributed by atoms with Crippen LogP contribution in [-0.2, 0) is 23.9 Å². The number of hydrogen-bond donors (Lipinski definition) is 2. The Morgan fingerprint density at radius 1 is 0.979 bits per heavy atom. The number of ether oxygens (including phenoxy) is 5. The van der Waals surface area contributed by atoms with Crippen LogP contribution in [0.2, 0.25) is 5.02 Å². The van der Waals surface area contributed by atoms with Crippen molar-refractivity contribution < 1.29 is 48.0 Å². The molecule has 250 valence electrons. The summed E-state index contributed by atoms with van der Waals surface area (Å²) in [6.45, 7) is 5.10. The lowest BCUT2D eigenvalue weighted by atomic mass is 9.92. The highest BCUT2D eigenvalue weighted by Gasteiger charge is 2.41. The van der Waals surface area contributed by atoms with Gasteiger partial charge in [-0.15, -0.1) is 0 Å².